The van der Waals surface area contributed by atoms with Crippen molar-refractivity contribution >= 4 is 0 Å². The summed E-state index contributed by atoms with van der Waals surface area (Å²) in [6.45, 7) is 4.90. The maximum atomic E-state index is 14.5. The highest BCUT2D eigenvalue weighted by molar-refractivity contribution is 5.69. The summed E-state index contributed by atoms with van der Waals surface area (Å²) in [4.78, 5) is 3.84. The number of pyridine rings is 1. The number of benzene rings is 2. The number of halogens is 3. The van der Waals surface area contributed by atoms with E-state index in [1.807, 2.05) is 55.5 Å². The molecule has 0 aliphatic carbocycles. The molecule has 0 spiro atoms. The Morgan fingerprint density at radius 1 is 0.667 bits per heavy atom. The highest BCUT2D eigenvalue weighted by atomic mass is 19.3. The van der Waals surface area contributed by atoms with Gasteiger partial charge in [0.1, 0.15) is 5.75 Å². The van der Waals surface area contributed by atoms with Crippen LogP contribution in [-0.4, -0.2) is 11.6 Å². The maximum absolute atomic E-state index is 14.5. The van der Waals surface area contributed by atoms with Gasteiger partial charge in [0.05, 0.1) is 17.9 Å². The summed E-state index contributed by atoms with van der Waals surface area (Å²) in [5, 5.41) is 0. The van der Waals surface area contributed by atoms with Crippen molar-refractivity contribution in [3.05, 3.63) is 72.2 Å². The number of rotatable bonds is 15. The lowest BCUT2D eigenvalue weighted by atomic mass is 10.0. The van der Waals surface area contributed by atoms with Crippen LogP contribution in [0.5, 0.6) is 5.75 Å². The molecule has 1 heterocycles. The van der Waals surface area contributed by atoms with Crippen molar-refractivity contribution in [3.63, 3.8) is 0 Å². The van der Waals surface area contributed by atoms with Gasteiger partial charge in [-0.3, -0.25) is 0 Å². The number of aromatic nitrogens is 1. The predicted molar refractivity (Wildman–Crippen MR) is 142 cm³/mol. The largest absolute Gasteiger partial charge is 0.494 e. The van der Waals surface area contributed by atoms with E-state index in [4.69, 9.17) is 4.74 Å². The first-order valence-electron chi connectivity index (χ1n) is 13.3. The van der Waals surface area contributed by atoms with E-state index in [-0.39, 0.29) is 6.42 Å². The molecule has 2 nitrogen and oxygen atoms in total. The quantitative estimate of drug-likeness (QED) is 0.154. The topological polar surface area (TPSA) is 22.1 Å². The predicted octanol–water partition coefficient (Wildman–Crippen LogP) is 9.97. The molecule has 0 saturated carbocycles. The Bertz CT molecular complexity index is 1050. The van der Waals surface area contributed by atoms with E-state index in [0.29, 0.717) is 24.1 Å². The van der Waals surface area contributed by atoms with Gasteiger partial charge in [0, 0.05) is 12.0 Å². The summed E-state index contributed by atoms with van der Waals surface area (Å²) in [6, 6.07) is 18.1. The van der Waals surface area contributed by atoms with Crippen LogP contribution < -0.4 is 4.74 Å². The Morgan fingerprint density at radius 2 is 1.22 bits per heavy atom. The third-order valence-electron chi connectivity index (χ3n) is 6.47. The second-order valence-electron chi connectivity index (χ2n) is 9.41. The van der Waals surface area contributed by atoms with Crippen molar-refractivity contribution in [2.75, 3.05) is 6.61 Å². The molecule has 2 aromatic carbocycles. The molecule has 5 heteroatoms. The van der Waals surface area contributed by atoms with E-state index in [9.17, 15) is 13.2 Å². The van der Waals surface area contributed by atoms with Crippen LogP contribution in [-0.2, 0) is 5.92 Å². The highest BCUT2D eigenvalue weighted by Gasteiger charge is 2.34. The first-order valence-corrected chi connectivity index (χ1v) is 13.3. The number of hydrogen-bond acceptors (Lipinski definition) is 2. The van der Waals surface area contributed by atoms with E-state index in [0.717, 1.165) is 36.3 Å². The summed E-state index contributed by atoms with van der Waals surface area (Å²) in [7, 11) is 0. The summed E-state index contributed by atoms with van der Waals surface area (Å²) >= 11 is 0. The molecule has 194 valence electrons. The second kappa shape index (κ2) is 14.1. The van der Waals surface area contributed by atoms with Gasteiger partial charge in [0.15, 0.2) is 0 Å². The van der Waals surface area contributed by atoms with Gasteiger partial charge in [-0.15, -0.1) is 0 Å². The molecule has 0 radical (unpaired) electrons. The van der Waals surface area contributed by atoms with Crippen molar-refractivity contribution < 1.29 is 17.9 Å². The lowest BCUT2D eigenvalue weighted by molar-refractivity contribution is -0.0197. The minimum absolute atomic E-state index is 0.339. The molecule has 0 fully saturated rings. The standard InChI is InChI=1S/C31H38F3NO/c1-3-5-7-8-9-11-23-36-27-18-16-25(17-19-27)24-12-14-26(15-13-24)29-21-20-28(30(32)35-29)31(33,34)22-10-6-4-2/h12-21H,3-11,22-23H2,1-2H3. The molecule has 0 aliphatic rings. The zero-order chi connectivity index (χ0) is 25.8. The summed E-state index contributed by atoms with van der Waals surface area (Å²) < 4.78 is 49.2. The molecule has 0 N–H and O–H groups in total. The van der Waals surface area contributed by atoms with Gasteiger partial charge >= 0.3 is 0 Å². The van der Waals surface area contributed by atoms with Gasteiger partial charge in [-0.05, 0) is 48.2 Å². The molecule has 0 atom stereocenters. The van der Waals surface area contributed by atoms with Crippen LogP contribution in [0, 0.1) is 5.95 Å². The fourth-order valence-electron chi connectivity index (χ4n) is 4.25. The minimum atomic E-state index is -3.21. The Morgan fingerprint density at radius 3 is 1.86 bits per heavy atom. The molecule has 0 bridgehead atoms. The maximum Gasteiger partial charge on any atom is 0.277 e. The lowest BCUT2D eigenvalue weighted by Gasteiger charge is -2.17. The molecular weight excluding hydrogens is 459 g/mol. The van der Waals surface area contributed by atoms with Crippen LogP contribution in [0.1, 0.15) is 83.6 Å². The van der Waals surface area contributed by atoms with Crippen LogP contribution in [0.3, 0.4) is 0 Å². The molecule has 1 aromatic heterocycles. The lowest BCUT2D eigenvalue weighted by Crippen LogP contribution is -2.16. The van der Waals surface area contributed by atoms with E-state index < -0.39 is 17.4 Å². The fourth-order valence-corrected chi connectivity index (χ4v) is 4.25. The zero-order valence-corrected chi connectivity index (χ0v) is 21.5. The van der Waals surface area contributed by atoms with Gasteiger partial charge in [0.2, 0.25) is 5.95 Å². The van der Waals surface area contributed by atoms with Crippen LogP contribution in [0.25, 0.3) is 22.4 Å². The van der Waals surface area contributed by atoms with Crippen LogP contribution in [0.4, 0.5) is 13.2 Å². The molecule has 0 unspecified atom stereocenters. The molecule has 3 aromatic rings. The first kappa shape index (κ1) is 27.8. The second-order valence-corrected chi connectivity index (χ2v) is 9.41. The van der Waals surface area contributed by atoms with Crippen molar-refractivity contribution in [3.8, 4) is 28.1 Å². The minimum Gasteiger partial charge on any atom is -0.494 e. The monoisotopic (exact) mass is 497 g/mol. The molecule has 0 amide bonds. The Labute approximate surface area is 213 Å². The van der Waals surface area contributed by atoms with E-state index >= 15 is 0 Å². The van der Waals surface area contributed by atoms with E-state index in [2.05, 4.69) is 11.9 Å². The Balaban J connectivity index is 1.57. The average molecular weight is 498 g/mol. The van der Waals surface area contributed by atoms with E-state index in [1.54, 1.807) is 0 Å². The molecule has 3 rings (SSSR count). The fraction of sp³-hybridized carbons (Fsp3) is 0.452. The van der Waals surface area contributed by atoms with Gasteiger partial charge < -0.3 is 4.74 Å². The molecule has 0 aliphatic heterocycles. The summed E-state index contributed by atoms with van der Waals surface area (Å²) in [6.07, 6.45) is 8.93. The van der Waals surface area contributed by atoms with Gasteiger partial charge in [-0.2, -0.15) is 4.39 Å². The van der Waals surface area contributed by atoms with Crippen LogP contribution >= 0.6 is 0 Å². The number of ether oxygens (including phenoxy) is 1. The zero-order valence-electron chi connectivity index (χ0n) is 21.5. The number of nitrogens with zero attached hydrogens (tertiary/aromatic N) is 1. The smallest absolute Gasteiger partial charge is 0.277 e. The summed E-state index contributed by atoms with van der Waals surface area (Å²) in [5.41, 5.74) is 2.43. The van der Waals surface area contributed by atoms with Crippen molar-refractivity contribution in [2.24, 2.45) is 0 Å². The first-order chi connectivity index (χ1) is 17.4. The van der Waals surface area contributed by atoms with Gasteiger partial charge in [0.25, 0.3) is 5.92 Å². The highest BCUT2D eigenvalue weighted by Crippen LogP contribution is 2.36. The SMILES string of the molecule is CCCCCCCCOc1ccc(-c2ccc(-c3ccc(C(F)(F)CCCCC)c(F)n3)cc2)cc1. The van der Waals surface area contributed by atoms with Gasteiger partial charge in [-0.25, -0.2) is 13.8 Å². The molecule has 36 heavy (non-hydrogen) atoms. The van der Waals surface area contributed by atoms with Gasteiger partial charge in [-0.1, -0.05) is 95.2 Å². The number of alkyl halides is 2. The van der Waals surface area contributed by atoms with Crippen LogP contribution in [0.2, 0.25) is 0 Å². The van der Waals surface area contributed by atoms with E-state index in [1.165, 1.54) is 44.2 Å². The Hall–Kier alpha value is -2.82. The third-order valence-corrected chi connectivity index (χ3v) is 6.47. The number of hydrogen-bond donors (Lipinski definition) is 0. The van der Waals surface area contributed by atoms with Crippen molar-refractivity contribution in [1.29, 1.82) is 0 Å². The number of unbranched alkanes of at least 4 members (excludes halogenated alkanes) is 7. The average Bonchev–Trinajstić information content (AvgIpc) is 2.88. The van der Waals surface area contributed by atoms with Crippen molar-refractivity contribution in [2.45, 2.75) is 84.0 Å². The molecular formula is C31H38F3NO. The third kappa shape index (κ3) is 8.11. The Kier molecular flexibility index (Phi) is 10.8. The van der Waals surface area contributed by atoms with Crippen LogP contribution in [0.15, 0.2) is 60.7 Å². The normalized spacial score (nSPS) is 11.6. The molecule has 0 saturated heterocycles. The van der Waals surface area contributed by atoms with Crippen molar-refractivity contribution in [1.82, 2.24) is 4.98 Å². The summed E-state index contributed by atoms with van der Waals surface area (Å²) in [5.74, 6) is -3.45.